The molecule has 2 aliphatic rings. The average molecular weight is 355 g/mol. The molecular weight excluding hydrogens is 340 g/mol. The van der Waals surface area contributed by atoms with Crippen molar-refractivity contribution < 1.29 is 13.2 Å². The quantitative estimate of drug-likeness (QED) is 0.810. The van der Waals surface area contributed by atoms with Crippen LogP contribution < -0.4 is 10.6 Å². The van der Waals surface area contributed by atoms with E-state index < -0.39 is 26.7 Å². The fourth-order valence-corrected chi connectivity index (χ4v) is 4.66. The molecule has 2 unspecified atom stereocenters. The fraction of sp³-hybridized carbons (Fsp3) is 0.500. The highest BCUT2D eigenvalue weighted by Gasteiger charge is 2.47. The zero-order chi connectivity index (χ0) is 16.7. The molecule has 1 aliphatic carbocycles. The molecule has 0 aromatic carbocycles. The zero-order valence-corrected chi connectivity index (χ0v) is 13.7. The summed E-state index contributed by atoms with van der Waals surface area (Å²) < 4.78 is 25.2. The topological polar surface area (TPSA) is 112 Å². The van der Waals surface area contributed by atoms with E-state index in [4.69, 9.17) is 16.9 Å². The molecule has 2 heterocycles. The summed E-state index contributed by atoms with van der Waals surface area (Å²) in [6.07, 6.45) is 2.76. The van der Waals surface area contributed by atoms with E-state index in [-0.39, 0.29) is 28.9 Å². The lowest BCUT2D eigenvalue weighted by Gasteiger charge is -2.14. The summed E-state index contributed by atoms with van der Waals surface area (Å²) in [7, 11) is -3.72. The minimum Gasteiger partial charge on any atom is -0.336 e. The Labute approximate surface area is 139 Å². The molecule has 0 radical (unpaired) electrons. The number of amides is 1. The van der Waals surface area contributed by atoms with E-state index in [1.807, 2.05) is 0 Å². The summed E-state index contributed by atoms with van der Waals surface area (Å²) in [5, 5.41) is 13.7. The molecule has 0 bridgehead atoms. The van der Waals surface area contributed by atoms with Gasteiger partial charge in [-0.15, -0.1) is 0 Å². The van der Waals surface area contributed by atoms with Crippen LogP contribution in [0.2, 0.25) is 5.02 Å². The van der Waals surface area contributed by atoms with Crippen molar-refractivity contribution in [3.05, 3.63) is 23.4 Å². The van der Waals surface area contributed by atoms with Crippen LogP contribution in [0, 0.1) is 11.3 Å². The van der Waals surface area contributed by atoms with Gasteiger partial charge >= 0.3 is 0 Å². The molecule has 2 fully saturated rings. The number of hydrogen-bond donors (Lipinski definition) is 2. The summed E-state index contributed by atoms with van der Waals surface area (Å²) in [5.41, 5.74) is -0.764. The second-order valence-corrected chi connectivity index (χ2v) is 8.39. The number of carbonyl (C=O) groups is 1. The average Bonchev–Trinajstić information content (AvgIpc) is 3.11. The van der Waals surface area contributed by atoms with Gasteiger partial charge in [0, 0.05) is 12.7 Å². The molecule has 9 heteroatoms. The lowest BCUT2D eigenvalue weighted by atomic mass is 10.2. The van der Waals surface area contributed by atoms with Crippen molar-refractivity contribution >= 4 is 27.3 Å². The lowest BCUT2D eigenvalue weighted by molar-refractivity contribution is -0.123. The third-order valence-electron chi connectivity index (χ3n) is 4.17. The molecule has 2 atom stereocenters. The van der Waals surface area contributed by atoms with Gasteiger partial charge in [0.2, 0.25) is 15.7 Å². The molecule has 122 valence electrons. The van der Waals surface area contributed by atoms with Gasteiger partial charge in [-0.2, -0.15) is 5.26 Å². The molecule has 1 saturated heterocycles. The maximum Gasteiger partial charge on any atom is 0.238 e. The number of hydrogen-bond acceptors (Lipinski definition) is 6. The molecule has 1 aromatic rings. The second-order valence-electron chi connectivity index (χ2n) is 5.84. The predicted octanol–water partition coefficient (Wildman–Crippen LogP) is 0.412. The standard InChI is InChI=1S/C14H15ClN4O3S/c15-10-2-1-5-17-13(10)23(21,22)9-6-11(18-7-9)12(20)19-14(8-16)3-4-14/h1-2,5,9,11,18H,3-4,6-7H2,(H,19,20). The Morgan fingerprint density at radius 2 is 2.26 bits per heavy atom. The molecule has 1 aromatic heterocycles. The van der Waals surface area contributed by atoms with Gasteiger partial charge in [0.15, 0.2) is 5.03 Å². The molecule has 1 amide bonds. The summed E-state index contributed by atoms with van der Waals surface area (Å²) >= 11 is 5.92. The monoisotopic (exact) mass is 354 g/mol. The van der Waals surface area contributed by atoms with Crippen LogP contribution >= 0.6 is 11.6 Å². The van der Waals surface area contributed by atoms with Gasteiger partial charge in [-0.05, 0) is 31.4 Å². The van der Waals surface area contributed by atoms with Crippen molar-refractivity contribution in [2.45, 2.75) is 41.1 Å². The van der Waals surface area contributed by atoms with Gasteiger partial charge in [0.25, 0.3) is 0 Å². The minimum atomic E-state index is -3.72. The van der Waals surface area contributed by atoms with E-state index in [1.165, 1.54) is 12.3 Å². The van der Waals surface area contributed by atoms with Crippen LogP contribution in [0.1, 0.15) is 19.3 Å². The molecule has 3 rings (SSSR count). The van der Waals surface area contributed by atoms with Crippen LogP contribution in [0.3, 0.4) is 0 Å². The van der Waals surface area contributed by atoms with Crippen molar-refractivity contribution in [3.8, 4) is 6.07 Å². The van der Waals surface area contributed by atoms with Crippen LogP contribution in [0.15, 0.2) is 23.4 Å². The molecule has 1 saturated carbocycles. The first-order chi connectivity index (χ1) is 10.9. The van der Waals surface area contributed by atoms with Gasteiger partial charge < -0.3 is 10.6 Å². The highest BCUT2D eigenvalue weighted by Crippen LogP contribution is 2.35. The van der Waals surface area contributed by atoms with E-state index in [0.29, 0.717) is 12.8 Å². The highest BCUT2D eigenvalue weighted by molar-refractivity contribution is 7.92. The second kappa shape index (κ2) is 5.74. The van der Waals surface area contributed by atoms with E-state index in [0.717, 1.165) is 0 Å². The third kappa shape index (κ3) is 3.04. The first kappa shape index (κ1) is 16.2. The van der Waals surface area contributed by atoms with Crippen molar-refractivity contribution in [3.63, 3.8) is 0 Å². The van der Waals surface area contributed by atoms with Crippen LogP contribution in [0.5, 0.6) is 0 Å². The Balaban J connectivity index is 1.71. The summed E-state index contributed by atoms with van der Waals surface area (Å²) in [4.78, 5) is 16.0. The summed E-state index contributed by atoms with van der Waals surface area (Å²) in [6, 6.07) is 4.47. The zero-order valence-electron chi connectivity index (χ0n) is 12.1. The molecule has 1 aliphatic heterocycles. The van der Waals surface area contributed by atoms with Gasteiger partial charge in [-0.3, -0.25) is 4.79 Å². The fourth-order valence-electron chi connectivity index (χ4n) is 2.59. The maximum absolute atomic E-state index is 12.6. The molecule has 2 N–H and O–H groups in total. The normalized spacial score (nSPS) is 25.6. The Morgan fingerprint density at radius 1 is 1.52 bits per heavy atom. The predicted molar refractivity (Wildman–Crippen MR) is 82.3 cm³/mol. The van der Waals surface area contributed by atoms with Crippen molar-refractivity contribution in [2.24, 2.45) is 0 Å². The van der Waals surface area contributed by atoms with Gasteiger partial charge in [-0.25, -0.2) is 13.4 Å². The SMILES string of the molecule is N#CC1(NC(=O)C2CC(S(=O)(=O)c3ncccc3Cl)CN2)CC1. The van der Waals surface area contributed by atoms with Crippen LogP contribution in [-0.4, -0.2) is 42.7 Å². The summed E-state index contributed by atoms with van der Waals surface area (Å²) in [6.45, 7) is 0.146. The smallest absolute Gasteiger partial charge is 0.238 e. The third-order valence-corrected chi connectivity index (χ3v) is 6.68. The van der Waals surface area contributed by atoms with Crippen LogP contribution in [-0.2, 0) is 14.6 Å². The number of nitrogens with one attached hydrogen (secondary N) is 2. The maximum atomic E-state index is 12.6. The van der Waals surface area contributed by atoms with Crippen LogP contribution in [0.25, 0.3) is 0 Å². The first-order valence-corrected chi connectivity index (χ1v) is 9.11. The number of nitriles is 1. The Morgan fingerprint density at radius 3 is 2.87 bits per heavy atom. The van der Waals surface area contributed by atoms with E-state index in [2.05, 4.69) is 21.7 Å². The molecular formula is C14H15ClN4O3S. The lowest BCUT2D eigenvalue weighted by Crippen LogP contribution is -2.45. The van der Waals surface area contributed by atoms with E-state index in [1.54, 1.807) is 6.07 Å². The number of pyridine rings is 1. The molecule has 0 spiro atoms. The molecule has 7 nitrogen and oxygen atoms in total. The van der Waals surface area contributed by atoms with Crippen LogP contribution in [0.4, 0.5) is 0 Å². The number of sulfone groups is 1. The van der Waals surface area contributed by atoms with Gasteiger partial charge in [0.1, 0.15) is 5.54 Å². The van der Waals surface area contributed by atoms with Crippen molar-refractivity contribution in [1.29, 1.82) is 5.26 Å². The number of rotatable bonds is 4. The number of aromatic nitrogens is 1. The summed E-state index contributed by atoms with van der Waals surface area (Å²) in [5.74, 6) is -0.339. The Hall–Kier alpha value is -1.69. The van der Waals surface area contributed by atoms with Crippen molar-refractivity contribution in [1.82, 2.24) is 15.6 Å². The van der Waals surface area contributed by atoms with Gasteiger partial charge in [-0.1, -0.05) is 11.6 Å². The highest BCUT2D eigenvalue weighted by atomic mass is 35.5. The molecule has 23 heavy (non-hydrogen) atoms. The largest absolute Gasteiger partial charge is 0.336 e. The van der Waals surface area contributed by atoms with Crippen molar-refractivity contribution in [2.75, 3.05) is 6.54 Å². The number of carbonyl (C=O) groups excluding carboxylic acids is 1. The van der Waals surface area contributed by atoms with E-state index in [9.17, 15) is 13.2 Å². The number of halogens is 1. The minimum absolute atomic E-state index is 0.0711. The Kier molecular flexibility index (Phi) is 4.04. The Bertz CT molecular complexity index is 785. The van der Waals surface area contributed by atoms with E-state index >= 15 is 0 Å². The first-order valence-electron chi connectivity index (χ1n) is 7.19. The van der Waals surface area contributed by atoms with Gasteiger partial charge in [0.05, 0.1) is 22.4 Å². The number of nitrogens with zero attached hydrogens (tertiary/aromatic N) is 2.